The number of halogens is 1. The number of aliphatic imine (C=N–C) groups is 1. The van der Waals surface area contributed by atoms with E-state index < -0.39 is 0 Å². The Kier molecular flexibility index (Phi) is 7.61. The highest BCUT2D eigenvalue weighted by Gasteiger charge is 2.58. The largest absolute Gasteiger partial charge is 0.381 e. The van der Waals surface area contributed by atoms with Gasteiger partial charge in [-0.3, -0.25) is 4.99 Å². The van der Waals surface area contributed by atoms with Gasteiger partial charge in [0.25, 0.3) is 0 Å². The number of fused-ring (bicyclic) bond motifs is 1. The third-order valence-electron chi connectivity index (χ3n) is 6.03. The number of nitrogens with zero attached hydrogens (tertiary/aromatic N) is 1. The summed E-state index contributed by atoms with van der Waals surface area (Å²) in [6.07, 6.45) is 6.47. The van der Waals surface area contributed by atoms with Gasteiger partial charge in [0.1, 0.15) is 0 Å². The minimum absolute atomic E-state index is 0. The molecule has 3 atom stereocenters. The van der Waals surface area contributed by atoms with E-state index in [9.17, 15) is 0 Å². The Morgan fingerprint density at radius 2 is 1.92 bits per heavy atom. The van der Waals surface area contributed by atoms with Crippen molar-refractivity contribution in [1.82, 2.24) is 10.6 Å². The van der Waals surface area contributed by atoms with Crippen LogP contribution in [0.15, 0.2) is 4.99 Å². The summed E-state index contributed by atoms with van der Waals surface area (Å²) in [4.78, 5) is 4.42. The normalized spacial score (nSPS) is 33.0. The molecule has 24 heavy (non-hydrogen) atoms. The lowest BCUT2D eigenvalue weighted by Gasteiger charge is -2.60. The third kappa shape index (κ3) is 4.36. The predicted molar refractivity (Wildman–Crippen MR) is 108 cm³/mol. The van der Waals surface area contributed by atoms with Crippen LogP contribution in [0.1, 0.15) is 46.0 Å². The molecule has 0 aromatic heterocycles. The van der Waals surface area contributed by atoms with Gasteiger partial charge in [0.05, 0.1) is 6.10 Å². The Morgan fingerprint density at radius 3 is 2.62 bits per heavy atom. The Morgan fingerprint density at radius 1 is 1.17 bits per heavy atom. The molecule has 2 saturated heterocycles. The van der Waals surface area contributed by atoms with Crippen LogP contribution < -0.4 is 10.6 Å². The first-order valence-electron chi connectivity index (χ1n) is 9.29. The molecule has 3 aliphatic rings. The molecule has 140 valence electrons. The van der Waals surface area contributed by atoms with Crippen LogP contribution in [0.3, 0.4) is 0 Å². The van der Waals surface area contributed by atoms with Gasteiger partial charge in [0, 0.05) is 50.8 Å². The van der Waals surface area contributed by atoms with Crippen molar-refractivity contribution in [2.75, 3.05) is 33.4 Å². The molecule has 0 aromatic rings. The molecule has 2 aliphatic heterocycles. The van der Waals surface area contributed by atoms with E-state index in [1.165, 1.54) is 32.1 Å². The molecule has 0 aromatic carbocycles. The van der Waals surface area contributed by atoms with Crippen molar-refractivity contribution in [2.45, 2.75) is 58.1 Å². The zero-order valence-electron chi connectivity index (χ0n) is 15.3. The summed E-state index contributed by atoms with van der Waals surface area (Å²) in [6, 6.07) is 0.460. The highest BCUT2D eigenvalue weighted by atomic mass is 127. The second-order valence-electron chi connectivity index (χ2n) is 7.88. The fraction of sp³-hybridized carbons (Fsp3) is 0.944. The maximum Gasteiger partial charge on any atom is 0.191 e. The Balaban J connectivity index is 0.00000208. The quantitative estimate of drug-likeness (QED) is 0.392. The second-order valence-corrected chi connectivity index (χ2v) is 7.88. The van der Waals surface area contributed by atoms with E-state index in [4.69, 9.17) is 9.47 Å². The van der Waals surface area contributed by atoms with E-state index in [1.807, 2.05) is 7.05 Å². The highest BCUT2D eigenvalue weighted by molar-refractivity contribution is 14.0. The summed E-state index contributed by atoms with van der Waals surface area (Å²) in [5, 5.41) is 7.17. The lowest BCUT2D eigenvalue weighted by molar-refractivity contribution is -0.188. The van der Waals surface area contributed by atoms with Gasteiger partial charge in [-0.15, -0.1) is 24.0 Å². The highest BCUT2D eigenvalue weighted by Crippen LogP contribution is 2.51. The Labute approximate surface area is 163 Å². The summed E-state index contributed by atoms with van der Waals surface area (Å²) < 4.78 is 11.4. The Bertz CT molecular complexity index is 424. The zero-order valence-corrected chi connectivity index (χ0v) is 17.7. The molecule has 2 N–H and O–H groups in total. The Hall–Kier alpha value is -0.0800. The smallest absolute Gasteiger partial charge is 0.191 e. The summed E-state index contributed by atoms with van der Waals surface area (Å²) in [5.74, 6) is 2.37. The van der Waals surface area contributed by atoms with Crippen molar-refractivity contribution in [3.8, 4) is 0 Å². The fourth-order valence-corrected chi connectivity index (χ4v) is 4.59. The second kappa shape index (κ2) is 9.03. The van der Waals surface area contributed by atoms with Crippen LogP contribution >= 0.6 is 24.0 Å². The summed E-state index contributed by atoms with van der Waals surface area (Å²) in [7, 11) is 1.87. The van der Waals surface area contributed by atoms with Crippen molar-refractivity contribution in [3.05, 3.63) is 0 Å². The van der Waals surface area contributed by atoms with Crippen molar-refractivity contribution in [1.29, 1.82) is 0 Å². The van der Waals surface area contributed by atoms with Crippen LogP contribution in [0.5, 0.6) is 0 Å². The average molecular weight is 451 g/mol. The van der Waals surface area contributed by atoms with Gasteiger partial charge in [0.15, 0.2) is 5.96 Å². The minimum Gasteiger partial charge on any atom is -0.381 e. The van der Waals surface area contributed by atoms with E-state index in [2.05, 4.69) is 29.5 Å². The van der Waals surface area contributed by atoms with Gasteiger partial charge >= 0.3 is 0 Å². The SMILES string of the molecule is CN=C(NCCC1CCOCC1)NC1C2CCCOC2C1(C)C.I. The molecule has 6 heteroatoms. The zero-order chi connectivity index (χ0) is 16.3. The molecule has 3 unspecified atom stereocenters. The molecule has 3 rings (SSSR count). The maximum absolute atomic E-state index is 5.99. The number of ether oxygens (including phenoxy) is 2. The average Bonchev–Trinajstić information content (AvgIpc) is 2.58. The first kappa shape index (κ1) is 20.2. The van der Waals surface area contributed by atoms with E-state index >= 15 is 0 Å². The van der Waals surface area contributed by atoms with Crippen LogP contribution in [0.25, 0.3) is 0 Å². The lowest BCUT2D eigenvalue weighted by atomic mass is 9.55. The van der Waals surface area contributed by atoms with Gasteiger partial charge in [-0.05, 0) is 38.0 Å². The van der Waals surface area contributed by atoms with Crippen molar-refractivity contribution in [3.63, 3.8) is 0 Å². The molecule has 0 amide bonds. The van der Waals surface area contributed by atoms with Gasteiger partial charge in [-0.25, -0.2) is 0 Å². The van der Waals surface area contributed by atoms with E-state index in [0.29, 0.717) is 18.1 Å². The van der Waals surface area contributed by atoms with Crippen LogP contribution in [0, 0.1) is 17.3 Å². The first-order valence-corrected chi connectivity index (χ1v) is 9.29. The summed E-state index contributed by atoms with van der Waals surface area (Å²) >= 11 is 0. The number of rotatable bonds is 4. The van der Waals surface area contributed by atoms with Gasteiger partial charge in [0.2, 0.25) is 0 Å². The standard InChI is InChI=1S/C18H33N3O2.HI/c1-18(2)15(14-5-4-10-23-16(14)18)21-17(19-3)20-9-6-13-7-11-22-12-8-13;/h13-16H,4-12H2,1-3H3,(H2,19,20,21);1H. The van der Waals surface area contributed by atoms with Crippen LogP contribution in [-0.2, 0) is 9.47 Å². The van der Waals surface area contributed by atoms with E-state index in [0.717, 1.165) is 38.2 Å². The summed E-state index contributed by atoms with van der Waals surface area (Å²) in [6.45, 7) is 8.39. The molecule has 0 radical (unpaired) electrons. The number of hydrogen-bond acceptors (Lipinski definition) is 3. The monoisotopic (exact) mass is 451 g/mol. The van der Waals surface area contributed by atoms with Gasteiger partial charge in [-0.1, -0.05) is 13.8 Å². The van der Waals surface area contributed by atoms with Gasteiger partial charge < -0.3 is 20.1 Å². The molecular formula is C18H34IN3O2. The van der Waals surface area contributed by atoms with Crippen molar-refractivity contribution in [2.24, 2.45) is 22.2 Å². The molecule has 2 heterocycles. The summed E-state index contributed by atoms with van der Waals surface area (Å²) in [5.41, 5.74) is 0.184. The molecule has 1 saturated carbocycles. The number of guanidine groups is 1. The van der Waals surface area contributed by atoms with Crippen LogP contribution in [0.4, 0.5) is 0 Å². The fourth-order valence-electron chi connectivity index (χ4n) is 4.59. The molecule has 0 spiro atoms. The molecule has 5 nitrogen and oxygen atoms in total. The molecular weight excluding hydrogens is 417 g/mol. The van der Waals surface area contributed by atoms with Crippen molar-refractivity contribution >= 4 is 29.9 Å². The lowest BCUT2D eigenvalue weighted by Crippen LogP contribution is -2.71. The van der Waals surface area contributed by atoms with Crippen molar-refractivity contribution < 1.29 is 9.47 Å². The minimum atomic E-state index is 0. The van der Waals surface area contributed by atoms with E-state index in [1.54, 1.807) is 0 Å². The topological polar surface area (TPSA) is 54.9 Å². The molecule has 0 bridgehead atoms. The third-order valence-corrected chi connectivity index (χ3v) is 6.03. The van der Waals surface area contributed by atoms with Crippen LogP contribution in [0.2, 0.25) is 0 Å². The first-order chi connectivity index (χ1) is 11.1. The van der Waals surface area contributed by atoms with E-state index in [-0.39, 0.29) is 29.4 Å². The van der Waals surface area contributed by atoms with Crippen LogP contribution in [-0.4, -0.2) is 51.5 Å². The molecule has 1 aliphatic carbocycles. The maximum atomic E-state index is 5.99. The number of nitrogens with one attached hydrogen (secondary N) is 2. The predicted octanol–water partition coefficient (Wildman–Crippen LogP) is 2.79. The number of hydrogen-bond donors (Lipinski definition) is 2. The van der Waals surface area contributed by atoms with Gasteiger partial charge in [-0.2, -0.15) is 0 Å². The molecule has 3 fully saturated rings.